The highest BCUT2D eigenvalue weighted by atomic mass is 32.2. The lowest BCUT2D eigenvalue weighted by Crippen LogP contribution is -2.27. The number of rotatable bonds is 2. The Bertz CT molecular complexity index is 458. The molecule has 0 aliphatic heterocycles. The minimum atomic E-state index is -0.258. The van der Waals surface area contributed by atoms with Crippen LogP contribution in [0, 0.1) is 5.41 Å². The van der Waals surface area contributed by atoms with E-state index in [9.17, 15) is 0 Å². The zero-order valence-corrected chi connectivity index (χ0v) is 13.5. The number of hydrogen-bond acceptors (Lipinski definition) is 2. The van der Waals surface area contributed by atoms with Crippen LogP contribution < -0.4 is 5.73 Å². The molecule has 0 atom stereocenters. The van der Waals surface area contributed by atoms with Gasteiger partial charge in [-0.25, -0.2) is 0 Å². The summed E-state index contributed by atoms with van der Waals surface area (Å²) in [5.74, 6) is 0. The summed E-state index contributed by atoms with van der Waals surface area (Å²) in [4.78, 5) is 1.01. The molecular weight excluding hydrogens is 238 g/mol. The summed E-state index contributed by atoms with van der Waals surface area (Å²) in [7, 11) is 0. The van der Waals surface area contributed by atoms with E-state index in [0.29, 0.717) is 0 Å². The topological polar surface area (TPSA) is 26.0 Å². The van der Waals surface area contributed by atoms with E-state index < -0.39 is 0 Å². The van der Waals surface area contributed by atoms with Crippen molar-refractivity contribution < 1.29 is 0 Å². The largest absolute Gasteiger partial charge is 0.317 e. The van der Waals surface area contributed by atoms with Crippen LogP contribution in [0.2, 0.25) is 0 Å². The van der Waals surface area contributed by atoms with Crippen LogP contribution in [-0.2, 0) is 0 Å². The Hall–Kier alpha value is -0.690. The van der Waals surface area contributed by atoms with Gasteiger partial charge in [-0.2, -0.15) is 0 Å². The summed E-state index contributed by atoms with van der Waals surface area (Å²) >= 11 is 1.72. The molecule has 0 spiro atoms. The van der Waals surface area contributed by atoms with Gasteiger partial charge in [-0.05, 0) is 62.0 Å². The van der Waals surface area contributed by atoms with E-state index >= 15 is 0 Å². The van der Waals surface area contributed by atoms with Crippen molar-refractivity contribution in [1.29, 1.82) is 0 Å². The first kappa shape index (κ1) is 15.4. The van der Waals surface area contributed by atoms with E-state index in [1.165, 1.54) is 21.6 Å². The van der Waals surface area contributed by atoms with Crippen molar-refractivity contribution in [2.24, 2.45) is 11.1 Å². The van der Waals surface area contributed by atoms with E-state index in [-0.39, 0.29) is 10.3 Å². The van der Waals surface area contributed by atoms with Gasteiger partial charge in [0.2, 0.25) is 0 Å². The molecule has 1 aliphatic carbocycles. The van der Waals surface area contributed by atoms with Crippen molar-refractivity contribution in [3.63, 3.8) is 0 Å². The fraction of sp³-hybridized carbons (Fsp3) is 0.562. The Morgan fingerprint density at radius 2 is 1.67 bits per heavy atom. The second-order valence-corrected chi connectivity index (χ2v) is 8.16. The van der Waals surface area contributed by atoms with E-state index in [2.05, 4.69) is 52.5 Å². The predicted molar refractivity (Wildman–Crippen MR) is 83.4 cm³/mol. The van der Waals surface area contributed by atoms with Gasteiger partial charge < -0.3 is 5.73 Å². The van der Waals surface area contributed by atoms with Gasteiger partial charge in [0.15, 0.2) is 0 Å². The van der Waals surface area contributed by atoms with Crippen LogP contribution in [0.1, 0.15) is 48.5 Å². The number of hydrogen-bond donors (Lipinski definition) is 1. The van der Waals surface area contributed by atoms with Gasteiger partial charge in [-0.15, -0.1) is 17.5 Å². The summed E-state index contributed by atoms with van der Waals surface area (Å²) in [5, 5.41) is 0. The molecule has 2 heteroatoms. The van der Waals surface area contributed by atoms with Crippen molar-refractivity contribution in [3.8, 4) is 0 Å². The Balaban J connectivity index is 3.19. The molecule has 0 aromatic heterocycles. The lowest BCUT2D eigenvalue weighted by molar-refractivity contribution is 0.518. The van der Waals surface area contributed by atoms with Gasteiger partial charge >= 0.3 is 0 Å². The first-order chi connectivity index (χ1) is 8.00. The van der Waals surface area contributed by atoms with E-state index in [4.69, 9.17) is 5.73 Å². The summed E-state index contributed by atoms with van der Waals surface area (Å²) in [6.07, 6.45) is 4.32. The minimum Gasteiger partial charge on any atom is -0.317 e. The van der Waals surface area contributed by atoms with Crippen LogP contribution in [0.3, 0.4) is 0 Å². The van der Waals surface area contributed by atoms with Crippen LogP contribution >= 0.6 is 11.8 Å². The van der Waals surface area contributed by atoms with Crippen molar-refractivity contribution in [2.75, 3.05) is 0 Å². The average molecular weight is 263 g/mol. The van der Waals surface area contributed by atoms with Crippen molar-refractivity contribution >= 4 is 11.8 Å². The molecule has 0 heterocycles. The summed E-state index contributed by atoms with van der Waals surface area (Å²) in [6.45, 7) is 15.0. The van der Waals surface area contributed by atoms with Crippen LogP contribution in [0.4, 0.5) is 0 Å². The van der Waals surface area contributed by atoms with E-state index in [1.54, 1.807) is 11.8 Å². The Labute approximate surface area is 116 Å². The summed E-state index contributed by atoms with van der Waals surface area (Å²) in [6, 6.07) is 0. The highest BCUT2D eigenvalue weighted by molar-refractivity contribution is 8.04. The number of nitrogens with two attached hydrogens (primary N) is 1. The monoisotopic (exact) mass is 263 g/mol. The first-order valence-electron chi connectivity index (χ1n) is 6.35. The third-order valence-electron chi connectivity index (χ3n) is 2.69. The van der Waals surface area contributed by atoms with Gasteiger partial charge in [-0.3, -0.25) is 0 Å². The van der Waals surface area contributed by atoms with Crippen molar-refractivity contribution in [3.05, 3.63) is 39.5 Å². The molecule has 0 unspecified atom stereocenters. The van der Waals surface area contributed by atoms with Crippen LogP contribution in [-0.4, -0.2) is 4.87 Å². The Morgan fingerprint density at radius 3 is 2.11 bits per heavy atom. The lowest BCUT2D eigenvalue weighted by atomic mass is 9.86. The summed E-state index contributed by atoms with van der Waals surface area (Å²) < 4.78 is 0. The molecule has 0 aromatic rings. The summed E-state index contributed by atoms with van der Waals surface area (Å²) in [5.41, 5.74) is 13.4. The average Bonchev–Trinajstić information content (AvgIpc) is 2.27. The molecule has 0 aromatic carbocycles. The first-order valence-corrected chi connectivity index (χ1v) is 7.17. The molecule has 1 nitrogen and oxygen atoms in total. The maximum atomic E-state index is 6.12. The molecule has 1 aliphatic rings. The molecule has 0 radical (unpaired) electrons. The fourth-order valence-corrected chi connectivity index (χ4v) is 2.71. The van der Waals surface area contributed by atoms with Gasteiger partial charge in [0.25, 0.3) is 0 Å². The van der Waals surface area contributed by atoms with Crippen LogP contribution in [0.5, 0.6) is 0 Å². The molecule has 18 heavy (non-hydrogen) atoms. The third kappa shape index (κ3) is 4.20. The maximum Gasteiger partial charge on any atom is 0.0610 e. The molecular formula is C16H25NS. The molecule has 0 saturated carbocycles. The van der Waals surface area contributed by atoms with Crippen molar-refractivity contribution in [2.45, 2.75) is 53.3 Å². The third-order valence-corrected chi connectivity index (χ3v) is 4.07. The van der Waals surface area contributed by atoms with Gasteiger partial charge in [0.1, 0.15) is 0 Å². The fourth-order valence-electron chi connectivity index (χ4n) is 1.74. The zero-order valence-electron chi connectivity index (χ0n) is 12.6. The molecule has 100 valence electrons. The highest BCUT2D eigenvalue weighted by Crippen LogP contribution is 2.38. The second kappa shape index (κ2) is 5.13. The predicted octanol–water partition coefficient (Wildman–Crippen LogP) is 4.78. The number of thioether (sulfide) groups is 1. The van der Waals surface area contributed by atoms with Crippen LogP contribution in [0.25, 0.3) is 0 Å². The van der Waals surface area contributed by atoms with Crippen molar-refractivity contribution in [1.82, 2.24) is 0 Å². The van der Waals surface area contributed by atoms with Gasteiger partial charge in [0.05, 0.1) is 4.87 Å². The Morgan fingerprint density at radius 1 is 1.11 bits per heavy atom. The quantitative estimate of drug-likeness (QED) is 0.573. The van der Waals surface area contributed by atoms with E-state index in [1.807, 2.05) is 13.8 Å². The van der Waals surface area contributed by atoms with Crippen LogP contribution in [0.15, 0.2) is 39.5 Å². The van der Waals surface area contributed by atoms with Gasteiger partial charge in [0, 0.05) is 4.91 Å². The normalized spacial score (nSPS) is 17.6. The molecule has 0 fully saturated rings. The molecule has 0 amide bonds. The number of allylic oxidation sites excluding steroid dienone is 4. The highest BCUT2D eigenvalue weighted by Gasteiger charge is 2.21. The minimum absolute atomic E-state index is 0.121. The van der Waals surface area contributed by atoms with E-state index in [0.717, 1.165) is 0 Å². The lowest BCUT2D eigenvalue weighted by Gasteiger charge is -2.22. The SMILES string of the molecule is CC1=CC(C(C)(C)C)=C=CC(C)=C1SC(C)(C)N. The maximum absolute atomic E-state index is 6.12. The molecule has 2 N–H and O–H groups in total. The molecule has 1 rings (SSSR count). The molecule has 0 saturated heterocycles. The standard InChI is InChI=1S/C16H25NS/c1-11-8-9-13(15(3,4)5)10-12(2)14(11)18-16(6,7)17/h8,10H,17H2,1-7H3. The van der Waals surface area contributed by atoms with Gasteiger partial charge in [-0.1, -0.05) is 20.8 Å². The Kier molecular flexibility index (Phi) is 4.38. The molecule has 0 bridgehead atoms. The second-order valence-electron chi connectivity index (χ2n) is 6.50. The zero-order chi connectivity index (χ0) is 14.1. The smallest absolute Gasteiger partial charge is 0.0610 e.